The van der Waals surface area contributed by atoms with Gasteiger partial charge in [0.05, 0.1) is 21.7 Å². The van der Waals surface area contributed by atoms with Crippen LogP contribution in [0.25, 0.3) is 22.4 Å². The van der Waals surface area contributed by atoms with E-state index in [4.69, 9.17) is 23.8 Å². The first kappa shape index (κ1) is 20.1. The highest BCUT2D eigenvalue weighted by atomic mass is 35.5. The lowest BCUT2D eigenvalue weighted by Gasteiger charge is -2.13. The van der Waals surface area contributed by atoms with Crippen molar-refractivity contribution >= 4 is 51.6 Å². The second-order valence-electron chi connectivity index (χ2n) is 7.02. The minimum absolute atomic E-state index is 0.170. The number of rotatable bonds is 3. The summed E-state index contributed by atoms with van der Waals surface area (Å²) >= 11 is 11.7. The molecule has 4 rings (SSSR count). The minimum atomic E-state index is -0.269. The number of benzene rings is 3. The van der Waals surface area contributed by atoms with E-state index in [9.17, 15) is 4.79 Å². The van der Waals surface area contributed by atoms with Gasteiger partial charge in [-0.1, -0.05) is 41.4 Å². The molecule has 7 heteroatoms. The molecule has 0 saturated carbocycles. The Hall–Kier alpha value is -3.22. The molecule has 0 fully saturated rings. The summed E-state index contributed by atoms with van der Waals surface area (Å²) in [6, 6.07) is 18.9. The van der Waals surface area contributed by atoms with Gasteiger partial charge in [-0.2, -0.15) is 0 Å². The van der Waals surface area contributed by atoms with Gasteiger partial charge in [-0.3, -0.25) is 10.1 Å². The fraction of sp³-hybridized carbons (Fsp3) is 0.0870. The Morgan fingerprint density at radius 2 is 1.87 bits per heavy atom. The molecule has 30 heavy (non-hydrogen) atoms. The van der Waals surface area contributed by atoms with Crippen LogP contribution < -0.4 is 10.6 Å². The number of hydrogen-bond acceptors (Lipinski definition) is 3. The fourth-order valence-electron chi connectivity index (χ4n) is 3.25. The van der Waals surface area contributed by atoms with Crippen LogP contribution in [-0.4, -0.2) is 21.0 Å². The monoisotopic (exact) mass is 434 g/mol. The van der Waals surface area contributed by atoms with Gasteiger partial charge in [-0.15, -0.1) is 0 Å². The molecule has 0 radical (unpaired) electrons. The molecule has 1 amide bonds. The maximum atomic E-state index is 12.6. The predicted molar refractivity (Wildman–Crippen MR) is 126 cm³/mol. The maximum Gasteiger partial charge on any atom is 0.257 e. The Labute approximate surface area is 184 Å². The lowest BCUT2D eigenvalue weighted by atomic mass is 10.1. The molecular weight excluding hydrogens is 416 g/mol. The maximum absolute atomic E-state index is 12.6. The molecule has 0 bridgehead atoms. The van der Waals surface area contributed by atoms with E-state index in [1.54, 1.807) is 12.1 Å². The zero-order chi connectivity index (χ0) is 21.3. The molecule has 0 unspecified atom stereocenters. The van der Waals surface area contributed by atoms with E-state index in [-0.39, 0.29) is 11.0 Å². The van der Waals surface area contributed by atoms with Crippen molar-refractivity contribution in [1.29, 1.82) is 0 Å². The van der Waals surface area contributed by atoms with Crippen LogP contribution in [0.4, 0.5) is 5.69 Å². The van der Waals surface area contributed by atoms with Gasteiger partial charge in [0.15, 0.2) is 5.11 Å². The number of aromatic amines is 1. The summed E-state index contributed by atoms with van der Waals surface area (Å²) in [5, 5.41) is 6.38. The number of H-pyrrole nitrogens is 1. The summed E-state index contributed by atoms with van der Waals surface area (Å²) in [5.41, 5.74) is 5.83. The molecule has 0 aliphatic heterocycles. The average Bonchev–Trinajstić information content (AvgIpc) is 3.13. The second kappa shape index (κ2) is 8.26. The van der Waals surface area contributed by atoms with Crippen molar-refractivity contribution in [2.45, 2.75) is 13.8 Å². The third-order valence-corrected chi connectivity index (χ3v) is 5.26. The topological polar surface area (TPSA) is 69.8 Å². The zero-order valence-corrected chi connectivity index (χ0v) is 18.0. The number of fused-ring (bicyclic) bond motifs is 1. The average molecular weight is 435 g/mol. The van der Waals surface area contributed by atoms with Gasteiger partial charge in [0.1, 0.15) is 5.82 Å². The number of aromatic nitrogens is 2. The first-order valence-corrected chi connectivity index (χ1v) is 10.1. The van der Waals surface area contributed by atoms with Gasteiger partial charge in [-0.05, 0) is 68.0 Å². The van der Waals surface area contributed by atoms with E-state index >= 15 is 0 Å². The van der Waals surface area contributed by atoms with E-state index in [0.29, 0.717) is 16.3 Å². The Morgan fingerprint density at radius 3 is 2.63 bits per heavy atom. The predicted octanol–water partition coefficient (Wildman–Crippen LogP) is 5.63. The van der Waals surface area contributed by atoms with Crippen LogP contribution in [0.15, 0.2) is 60.7 Å². The van der Waals surface area contributed by atoms with Gasteiger partial charge in [0, 0.05) is 11.1 Å². The Balaban J connectivity index is 1.53. The van der Waals surface area contributed by atoms with Gasteiger partial charge >= 0.3 is 0 Å². The Bertz CT molecular complexity index is 1250. The van der Waals surface area contributed by atoms with Crippen LogP contribution in [0.2, 0.25) is 5.02 Å². The van der Waals surface area contributed by atoms with E-state index < -0.39 is 0 Å². The molecule has 3 N–H and O–H groups in total. The lowest BCUT2D eigenvalue weighted by Crippen LogP contribution is -2.34. The van der Waals surface area contributed by atoms with Gasteiger partial charge < -0.3 is 10.3 Å². The first-order valence-electron chi connectivity index (χ1n) is 9.35. The van der Waals surface area contributed by atoms with Crippen LogP contribution in [-0.2, 0) is 0 Å². The van der Waals surface area contributed by atoms with Crippen LogP contribution >= 0.6 is 23.8 Å². The molecule has 3 aromatic carbocycles. The summed E-state index contributed by atoms with van der Waals surface area (Å²) < 4.78 is 0. The van der Waals surface area contributed by atoms with Crippen molar-refractivity contribution in [3.63, 3.8) is 0 Å². The Morgan fingerprint density at radius 1 is 1.07 bits per heavy atom. The summed E-state index contributed by atoms with van der Waals surface area (Å²) in [5.74, 6) is 0.454. The van der Waals surface area contributed by atoms with E-state index in [2.05, 4.69) is 20.6 Å². The molecule has 0 aliphatic carbocycles. The van der Waals surface area contributed by atoms with Gasteiger partial charge in [0.2, 0.25) is 0 Å². The normalized spacial score (nSPS) is 10.8. The van der Waals surface area contributed by atoms with Crippen LogP contribution in [0.5, 0.6) is 0 Å². The molecule has 5 nitrogen and oxygen atoms in total. The number of halogens is 1. The van der Waals surface area contributed by atoms with Crippen molar-refractivity contribution in [3.8, 4) is 11.4 Å². The third kappa shape index (κ3) is 4.20. The van der Waals surface area contributed by atoms with E-state index in [1.807, 2.05) is 62.4 Å². The highest BCUT2D eigenvalue weighted by Crippen LogP contribution is 2.28. The van der Waals surface area contributed by atoms with Crippen molar-refractivity contribution < 1.29 is 4.79 Å². The van der Waals surface area contributed by atoms with Crippen molar-refractivity contribution in [2.75, 3.05) is 5.32 Å². The van der Waals surface area contributed by atoms with Crippen LogP contribution in [0, 0.1) is 13.8 Å². The number of thiocarbonyl (C=S) groups is 1. The molecule has 0 aliphatic rings. The summed E-state index contributed by atoms with van der Waals surface area (Å²) in [6.45, 7) is 3.88. The number of carbonyl (C=O) groups excluding carboxylic acids is 1. The number of amides is 1. The van der Waals surface area contributed by atoms with Crippen LogP contribution in [0.1, 0.15) is 21.5 Å². The highest BCUT2D eigenvalue weighted by molar-refractivity contribution is 7.80. The van der Waals surface area contributed by atoms with Crippen LogP contribution in [0.3, 0.4) is 0 Å². The van der Waals surface area contributed by atoms with Crippen molar-refractivity contribution in [2.24, 2.45) is 0 Å². The number of hydrogen-bond donors (Lipinski definition) is 3. The largest absolute Gasteiger partial charge is 0.338 e. The number of para-hydroxylation sites is 2. The van der Waals surface area contributed by atoms with Crippen molar-refractivity contribution in [3.05, 3.63) is 82.4 Å². The molecule has 0 spiro atoms. The SMILES string of the molecule is Cc1ccc(C(=O)NC(=S)Nc2cc(-c3nc4ccccc4[nH]3)ccc2Cl)c(C)c1. The molecule has 0 atom stereocenters. The summed E-state index contributed by atoms with van der Waals surface area (Å²) in [4.78, 5) is 20.5. The number of imidazole rings is 1. The number of nitrogens with one attached hydrogen (secondary N) is 3. The number of carbonyl (C=O) groups is 1. The summed E-state index contributed by atoms with van der Waals surface area (Å²) in [6.07, 6.45) is 0. The number of aryl methyl sites for hydroxylation is 2. The standard InChI is InChI=1S/C23H19ClN4OS/c1-13-7-9-16(14(2)11-13)22(29)28-23(30)27-20-12-15(8-10-17(20)24)21-25-18-5-3-4-6-19(18)26-21/h3-12H,1-2H3,(H,25,26)(H2,27,28,29,30). The number of anilines is 1. The molecule has 1 heterocycles. The highest BCUT2D eigenvalue weighted by Gasteiger charge is 2.13. The molecule has 1 aromatic heterocycles. The zero-order valence-electron chi connectivity index (χ0n) is 16.4. The quantitative estimate of drug-likeness (QED) is 0.365. The second-order valence-corrected chi connectivity index (χ2v) is 7.84. The lowest BCUT2D eigenvalue weighted by molar-refractivity contribution is 0.0977. The smallest absolute Gasteiger partial charge is 0.257 e. The van der Waals surface area contributed by atoms with Gasteiger partial charge in [0.25, 0.3) is 5.91 Å². The first-order chi connectivity index (χ1) is 14.4. The summed E-state index contributed by atoms with van der Waals surface area (Å²) in [7, 11) is 0. The van der Waals surface area contributed by atoms with E-state index in [0.717, 1.165) is 33.5 Å². The molecule has 150 valence electrons. The van der Waals surface area contributed by atoms with Gasteiger partial charge in [-0.25, -0.2) is 4.98 Å². The molecular formula is C23H19ClN4OS. The minimum Gasteiger partial charge on any atom is -0.338 e. The third-order valence-electron chi connectivity index (χ3n) is 4.73. The fourth-order valence-corrected chi connectivity index (χ4v) is 3.62. The number of nitrogens with zero attached hydrogens (tertiary/aromatic N) is 1. The molecule has 0 saturated heterocycles. The molecule has 4 aromatic rings. The van der Waals surface area contributed by atoms with E-state index in [1.165, 1.54) is 0 Å². The van der Waals surface area contributed by atoms with Crippen molar-refractivity contribution in [1.82, 2.24) is 15.3 Å². The Kier molecular flexibility index (Phi) is 5.53.